The number of carbonyl (C=O) groups excluding carboxylic acids is 2. The Balaban J connectivity index is 4.58. The molecule has 3 atom stereocenters. The summed E-state index contributed by atoms with van der Waals surface area (Å²) in [6.07, 6.45) is 39.8. The monoisotopic (exact) mass is 708 g/mol. The van der Waals surface area contributed by atoms with Gasteiger partial charge in [0.25, 0.3) is 0 Å². The van der Waals surface area contributed by atoms with Crippen LogP contribution in [0.25, 0.3) is 0 Å². The van der Waals surface area contributed by atoms with E-state index in [1.54, 1.807) is 0 Å². The molecule has 3 N–H and O–H groups in total. The standard InChI is InChI=1S/C44H85NO5/c1-4-7-10-13-16-19-22-25-28-31-34-37-44(49)50-40(35-32-29-26-23-20-17-14-11-8-5-2)38-43(48)45-41(39-46)42(47)36-33-30-27-24-21-18-15-12-9-6-3/h17,20,40-42,46-47H,4-16,18-19,21-39H2,1-3H3,(H,45,48)/b20-17-. The van der Waals surface area contributed by atoms with Crippen molar-refractivity contribution in [3.8, 4) is 0 Å². The van der Waals surface area contributed by atoms with Gasteiger partial charge in [0.2, 0.25) is 5.91 Å². The van der Waals surface area contributed by atoms with E-state index in [1.807, 2.05) is 0 Å². The van der Waals surface area contributed by atoms with Gasteiger partial charge in [0.15, 0.2) is 0 Å². The lowest BCUT2D eigenvalue weighted by atomic mass is 10.0. The smallest absolute Gasteiger partial charge is 0.306 e. The van der Waals surface area contributed by atoms with Gasteiger partial charge in [0.05, 0.1) is 25.2 Å². The maximum Gasteiger partial charge on any atom is 0.306 e. The Bertz CT molecular complexity index is 757. The van der Waals surface area contributed by atoms with Gasteiger partial charge < -0.3 is 20.3 Å². The second-order valence-electron chi connectivity index (χ2n) is 15.1. The molecule has 6 heteroatoms. The molecule has 0 bridgehead atoms. The van der Waals surface area contributed by atoms with E-state index < -0.39 is 18.2 Å². The Hall–Kier alpha value is -1.40. The summed E-state index contributed by atoms with van der Waals surface area (Å²) in [5, 5.41) is 23.5. The summed E-state index contributed by atoms with van der Waals surface area (Å²) in [6.45, 7) is 6.42. The van der Waals surface area contributed by atoms with Crippen molar-refractivity contribution in [2.24, 2.45) is 0 Å². The van der Waals surface area contributed by atoms with Crippen LogP contribution in [0.1, 0.15) is 233 Å². The van der Waals surface area contributed by atoms with Gasteiger partial charge in [-0.3, -0.25) is 9.59 Å². The van der Waals surface area contributed by atoms with Crippen LogP contribution in [0.15, 0.2) is 12.2 Å². The van der Waals surface area contributed by atoms with Crippen molar-refractivity contribution < 1.29 is 24.5 Å². The summed E-state index contributed by atoms with van der Waals surface area (Å²) in [5.41, 5.74) is 0. The number of hydrogen-bond donors (Lipinski definition) is 3. The van der Waals surface area contributed by atoms with Gasteiger partial charge >= 0.3 is 5.97 Å². The average Bonchev–Trinajstić information content (AvgIpc) is 3.10. The minimum atomic E-state index is -0.782. The summed E-state index contributed by atoms with van der Waals surface area (Å²) in [6, 6.07) is -0.696. The van der Waals surface area contributed by atoms with Crippen LogP contribution < -0.4 is 5.32 Å². The van der Waals surface area contributed by atoms with Crippen LogP contribution in [0.3, 0.4) is 0 Å². The van der Waals surface area contributed by atoms with Crippen molar-refractivity contribution >= 4 is 11.9 Å². The van der Waals surface area contributed by atoms with E-state index in [1.165, 1.54) is 116 Å². The fourth-order valence-electron chi connectivity index (χ4n) is 6.72. The molecule has 6 nitrogen and oxygen atoms in total. The molecule has 3 unspecified atom stereocenters. The van der Waals surface area contributed by atoms with Gasteiger partial charge in [0.1, 0.15) is 6.10 Å². The van der Waals surface area contributed by atoms with Crippen molar-refractivity contribution in [3.63, 3.8) is 0 Å². The predicted octanol–water partition coefficient (Wildman–Crippen LogP) is 12.2. The highest BCUT2D eigenvalue weighted by Gasteiger charge is 2.24. The second-order valence-corrected chi connectivity index (χ2v) is 15.1. The third-order valence-electron chi connectivity index (χ3n) is 10.1. The fraction of sp³-hybridized carbons (Fsp3) is 0.909. The number of carbonyl (C=O) groups is 2. The van der Waals surface area contributed by atoms with E-state index >= 15 is 0 Å². The van der Waals surface area contributed by atoms with Gasteiger partial charge in [0, 0.05) is 6.42 Å². The highest BCUT2D eigenvalue weighted by Crippen LogP contribution is 2.17. The van der Waals surface area contributed by atoms with Crippen LogP contribution in [0.2, 0.25) is 0 Å². The molecule has 0 saturated heterocycles. The lowest BCUT2D eigenvalue weighted by Gasteiger charge is -2.24. The molecule has 0 aromatic heterocycles. The number of unbranched alkanes of at least 4 members (excludes halogenated alkanes) is 25. The highest BCUT2D eigenvalue weighted by molar-refractivity contribution is 5.77. The summed E-state index contributed by atoms with van der Waals surface area (Å²) < 4.78 is 5.87. The second kappa shape index (κ2) is 38.8. The largest absolute Gasteiger partial charge is 0.462 e. The Kier molecular flexibility index (Phi) is 37.7. The number of amides is 1. The molecule has 0 saturated carbocycles. The summed E-state index contributed by atoms with van der Waals surface area (Å²) in [4.78, 5) is 25.9. The van der Waals surface area contributed by atoms with Crippen LogP contribution in [0, 0.1) is 0 Å². The number of esters is 1. The first kappa shape index (κ1) is 48.6. The Morgan fingerprint density at radius 2 is 0.960 bits per heavy atom. The number of nitrogens with one attached hydrogen (secondary N) is 1. The van der Waals surface area contributed by atoms with E-state index in [0.717, 1.165) is 70.6 Å². The first-order valence-corrected chi connectivity index (χ1v) is 21.9. The molecule has 0 aromatic rings. The molecule has 0 aromatic carbocycles. The molecule has 0 rings (SSSR count). The molecule has 1 amide bonds. The lowest BCUT2D eigenvalue weighted by molar-refractivity contribution is -0.151. The molecule has 0 fully saturated rings. The third kappa shape index (κ3) is 33.7. The van der Waals surface area contributed by atoms with Gasteiger partial charge in [-0.05, 0) is 51.4 Å². The van der Waals surface area contributed by atoms with E-state index in [9.17, 15) is 19.8 Å². The molecule has 296 valence electrons. The molecular formula is C44H85NO5. The fourth-order valence-corrected chi connectivity index (χ4v) is 6.72. The minimum Gasteiger partial charge on any atom is -0.462 e. The molecular weight excluding hydrogens is 622 g/mol. The zero-order chi connectivity index (χ0) is 36.8. The third-order valence-corrected chi connectivity index (χ3v) is 10.1. The zero-order valence-electron chi connectivity index (χ0n) is 33.5. The first-order valence-electron chi connectivity index (χ1n) is 21.9. The normalized spacial score (nSPS) is 13.5. The molecule has 0 spiro atoms. The van der Waals surface area contributed by atoms with Crippen molar-refractivity contribution in [1.29, 1.82) is 0 Å². The highest BCUT2D eigenvalue weighted by atomic mass is 16.5. The number of rotatable bonds is 39. The van der Waals surface area contributed by atoms with Gasteiger partial charge in [-0.25, -0.2) is 0 Å². The SMILES string of the molecule is CCCCC/C=C\CCCCCC(CC(=O)NC(CO)C(O)CCCCCCCCCCCC)OC(=O)CCCCCCCCCCCCC. The van der Waals surface area contributed by atoms with Crippen LogP contribution in [0.5, 0.6) is 0 Å². The van der Waals surface area contributed by atoms with E-state index in [2.05, 4.69) is 38.2 Å². The predicted molar refractivity (Wildman–Crippen MR) is 213 cm³/mol. The molecule has 0 radical (unpaired) electrons. The van der Waals surface area contributed by atoms with Crippen LogP contribution in [0.4, 0.5) is 0 Å². The number of aliphatic hydroxyl groups is 2. The Labute approximate surface area is 310 Å². The van der Waals surface area contributed by atoms with Gasteiger partial charge in [-0.15, -0.1) is 0 Å². The Morgan fingerprint density at radius 1 is 0.560 bits per heavy atom. The molecule has 0 aliphatic rings. The number of aliphatic hydroxyl groups excluding tert-OH is 2. The summed E-state index contributed by atoms with van der Waals surface area (Å²) in [5.74, 6) is -0.484. The maximum absolute atomic E-state index is 13.1. The Morgan fingerprint density at radius 3 is 1.46 bits per heavy atom. The van der Waals surface area contributed by atoms with Crippen LogP contribution >= 0.6 is 0 Å². The number of allylic oxidation sites excluding steroid dienone is 2. The molecule has 0 heterocycles. The van der Waals surface area contributed by atoms with Crippen molar-refractivity contribution in [2.45, 2.75) is 251 Å². The molecule has 0 aliphatic heterocycles. The van der Waals surface area contributed by atoms with Crippen molar-refractivity contribution in [1.82, 2.24) is 5.32 Å². The van der Waals surface area contributed by atoms with Gasteiger partial charge in [-0.2, -0.15) is 0 Å². The van der Waals surface area contributed by atoms with E-state index in [-0.39, 0.29) is 24.9 Å². The van der Waals surface area contributed by atoms with Crippen LogP contribution in [-0.2, 0) is 14.3 Å². The lowest BCUT2D eigenvalue weighted by Crippen LogP contribution is -2.46. The molecule has 50 heavy (non-hydrogen) atoms. The quantitative estimate of drug-likeness (QED) is 0.0336. The zero-order valence-corrected chi connectivity index (χ0v) is 33.5. The minimum absolute atomic E-state index is 0.0722. The molecule has 0 aliphatic carbocycles. The van der Waals surface area contributed by atoms with E-state index in [0.29, 0.717) is 19.3 Å². The average molecular weight is 708 g/mol. The first-order chi connectivity index (χ1) is 24.5. The summed E-state index contributed by atoms with van der Waals surface area (Å²) >= 11 is 0. The van der Waals surface area contributed by atoms with Crippen molar-refractivity contribution in [3.05, 3.63) is 12.2 Å². The van der Waals surface area contributed by atoms with Gasteiger partial charge in [-0.1, -0.05) is 181 Å². The van der Waals surface area contributed by atoms with Crippen LogP contribution in [-0.4, -0.2) is 46.9 Å². The van der Waals surface area contributed by atoms with E-state index in [4.69, 9.17) is 4.74 Å². The van der Waals surface area contributed by atoms with Crippen molar-refractivity contribution in [2.75, 3.05) is 6.61 Å². The number of hydrogen-bond acceptors (Lipinski definition) is 5. The topological polar surface area (TPSA) is 95.9 Å². The number of ether oxygens (including phenoxy) is 1. The maximum atomic E-state index is 13.1. The summed E-state index contributed by atoms with van der Waals surface area (Å²) in [7, 11) is 0.